The highest BCUT2D eigenvalue weighted by atomic mass is 19.1. The fourth-order valence-electron chi connectivity index (χ4n) is 4.63. The van der Waals surface area contributed by atoms with Crippen molar-refractivity contribution in [2.24, 2.45) is 0 Å². The largest absolute Gasteiger partial charge is 0.496 e. The quantitative estimate of drug-likeness (QED) is 0.144. The van der Waals surface area contributed by atoms with Crippen LogP contribution in [-0.4, -0.2) is 92.7 Å². The van der Waals surface area contributed by atoms with Crippen molar-refractivity contribution >= 4 is 40.8 Å². The molecule has 252 valence electrons. The van der Waals surface area contributed by atoms with Gasteiger partial charge in [0.25, 0.3) is 11.8 Å². The first-order valence-electron chi connectivity index (χ1n) is 14.2. The first-order chi connectivity index (χ1) is 24.1. The fraction of sp³-hybridized carbons (Fsp3) is 0.100. The lowest BCUT2D eigenvalue weighted by atomic mass is 10.0. The number of hydrogen-bond acceptors (Lipinski definition) is 13. The highest BCUT2D eigenvalue weighted by molar-refractivity contribution is 6.08. The van der Waals surface area contributed by atoms with Crippen LogP contribution in [-0.2, 0) is 6.42 Å². The average Bonchev–Trinajstić information content (AvgIpc) is 3.82. The molecule has 0 atom stereocenters. The van der Waals surface area contributed by atoms with E-state index in [1.165, 1.54) is 56.0 Å². The maximum absolute atomic E-state index is 15.0. The van der Waals surface area contributed by atoms with Crippen LogP contribution in [0.15, 0.2) is 67.3 Å². The maximum atomic E-state index is 15.0. The van der Waals surface area contributed by atoms with Gasteiger partial charge in [-0.1, -0.05) is 0 Å². The van der Waals surface area contributed by atoms with Gasteiger partial charge in [0, 0.05) is 24.9 Å². The smallest absolute Gasteiger partial charge is 0.337 e. The van der Waals surface area contributed by atoms with Crippen molar-refractivity contribution < 1.29 is 43.3 Å². The first kappa shape index (κ1) is 32.6. The summed E-state index contributed by atoms with van der Waals surface area (Å²) in [6.45, 7) is -0.231. The number of imidazole rings is 1. The van der Waals surface area contributed by atoms with Crippen LogP contribution in [0.25, 0.3) is 11.5 Å². The molecule has 0 spiro atoms. The van der Waals surface area contributed by atoms with Crippen molar-refractivity contribution in [3.63, 3.8) is 0 Å². The van der Waals surface area contributed by atoms with Gasteiger partial charge in [-0.15, -0.1) is 25.0 Å². The van der Waals surface area contributed by atoms with Gasteiger partial charge in [-0.2, -0.15) is 0 Å². The summed E-state index contributed by atoms with van der Waals surface area (Å²) in [6.07, 6.45) is 4.65. The van der Waals surface area contributed by atoms with Crippen molar-refractivity contribution in [2.75, 3.05) is 24.4 Å². The number of carbonyl (C=O) groups is 4. The number of halogens is 1. The van der Waals surface area contributed by atoms with Gasteiger partial charge < -0.3 is 30.3 Å². The number of hydrogen-bond donors (Lipinski definition) is 4. The van der Waals surface area contributed by atoms with Crippen LogP contribution in [0.1, 0.15) is 47.3 Å². The molecule has 50 heavy (non-hydrogen) atoms. The van der Waals surface area contributed by atoms with Gasteiger partial charge in [0.1, 0.15) is 12.1 Å². The standard InChI is InChI=1S/C30H22FN11O8/c1-49-23-12-17(30(47)48)21(33-28(44)20-3-5-26-37-39-40-42(26)38-20)10-15(23)6-9-50-24-13-22(16(29(45)46)11-18(24)31)34-27(43)19-2-4-25(36-35-19)41-8-7-32-14-41/h2-5,7-8,10-14H,6,9H2,1H3,(H,33,44)(H,34,43)(H,45,46)(H,47,48). The first-order valence-corrected chi connectivity index (χ1v) is 14.2. The van der Waals surface area contributed by atoms with Gasteiger partial charge in [-0.05, 0) is 58.5 Å². The number of aromatic nitrogens is 9. The number of aromatic carboxylic acids is 2. The molecular formula is C30H22FN11O8. The zero-order valence-electron chi connectivity index (χ0n) is 25.5. The highest BCUT2D eigenvalue weighted by Crippen LogP contribution is 2.30. The van der Waals surface area contributed by atoms with Crippen LogP contribution < -0.4 is 20.1 Å². The van der Waals surface area contributed by atoms with Gasteiger partial charge in [-0.25, -0.2) is 19.0 Å². The molecule has 0 aliphatic carbocycles. The third-order valence-electron chi connectivity index (χ3n) is 7.03. The van der Waals surface area contributed by atoms with E-state index >= 15 is 4.39 Å². The second-order valence-corrected chi connectivity index (χ2v) is 10.1. The number of rotatable bonds is 12. The number of nitrogens with one attached hydrogen (secondary N) is 2. The monoisotopic (exact) mass is 683 g/mol. The second-order valence-electron chi connectivity index (χ2n) is 10.1. The molecule has 4 heterocycles. The Morgan fingerprint density at radius 2 is 1.58 bits per heavy atom. The maximum Gasteiger partial charge on any atom is 0.337 e. The summed E-state index contributed by atoms with van der Waals surface area (Å²) in [4.78, 5) is 53.7. The molecule has 0 radical (unpaired) electrons. The molecule has 4 N–H and O–H groups in total. The van der Waals surface area contributed by atoms with E-state index in [1.54, 1.807) is 10.8 Å². The molecule has 0 aliphatic heterocycles. The summed E-state index contributed by atoms with van der Waals surface area (Å²) < 4.78 is 28.6. The van der Waals surface area contributed by atoms with E-state index in [2.05, 4.69) is 46.4 Å². The third kappa shape index (κ3) is 6.83. The topological polar surface area (TPSA) is 251 Å². The summed E-state index contributed by atoms with van der Waals surface area (Å²) >= 11 is 0. The summed E-state index contributed by atoms with van der Waals surface area (Å²) in [5.41, 5.74) is -0.820. The van der Waals surface area contributed by atoms with Crippen LogP contribution in [0.2, 0.25) is 0 Å². The summed E-state index contributed by atoms with van der Waals surface area (Å²) in [5.74, 6) is -5.37. The van der Waals surface area contributed by atoms with Gasteiger partial charge in [0.2, 0.25) is 0 Å². The molecule has 19 nitrogen and oxygen atoms in total. The number of carbonyl (C=O) groups excluding carboxylic acids is 2. The molecule has 0 bridgehead atoms. The zero-order chi connectivity index (χ0) is 35.4. The van der Waals surface area contributed by atoms with E-state index in [9.17, 15) is 29.4 Å². The Morgan fingerprint density at radius 3 is 2.26 bits per heavy atom. The van der Waals surface area contributed by atoms with Crippen LogP contribution >= 0.6 is 0 Å². The Kier molecular flexibility index (Phi) is 8.97. The Bertz CT molecular complexity index is 2260. The molecule has 4 aromatic heterocycles. The Balaban J connectivity index is 1.19. The fourth-order valence-corrected chi connectivity index (χ4v) is 4.63. The Hall–Kier alpha value is -7.38. The summed E-state index contributed by atoms with van der Waals surface area (Å²) in [6, 6.07) is 9.92. The van der Waals surface area contributed by atoms with E-state index in [-0.39, 0.29) is 52.8 Å². The number of anilines is 2. The van der Waals surface area contributed by atoms with Gasteiger partial charge in [0.15, 0.2) is 34.4 Å². The zero-order valence-corrected chi connectivity index (χ0v) is 25.5. The second kappa shape index (κ2) is 13.8. The number of ether oxygens (including phenoxy) is 2. The number of benzene rings is 2. The number of fused-ring (bicyclic) bond motifs is 1. The van der Waals surface area contributed by atoms with E-state index in [0.29, 0.717) is 17.4 Å². The van der Waals surface area contributed by atoms with Crippen molar-refractivity contribution in [1.82, 2.24) is 45.0 Å². The van der Waals surface area contributed by atoms with Crippen molar-refractivity contribution in [3.8, 4) is 17.3 Å². The molecule has 0 unspecified atom stereocenters. The third-order valence-corrected chi connectivity index (χ3v) is 7.03. The molecule has 6 rings (SSSR count). The minimum absolute atomic E-state index is 0.00143. The van der Waals surface area contributed by atoms with Gasteiger partial charge in [0.05, 0.1) is 36.2 Å². The average molecular weight is 684 g/mol. The van der Waals surface area contributed by atoms with Crippen LogP contribution in [0.3, 0.4) is 0 Å². The normalized spacial score (nSPS) is 10.8. The molecule has 2 aromatic carbocycles. The van der Waals surface area contributed by atoms with Gasteiger partial charge >= 0.3 is 11.9 Å². The Labute approximate surface area is 278 Å². The minimum Gasteiger partial charge on any atom is -0.496 e. The molecule has 6 aromatic rings. The lowest BCUT2D eigenvalue weighted by molar-refractivity contribution is 0.0686. The molecule has 0 fully saturated rings. The highest BCUT2D eigenvalue weighted by Gasteiger charge is 2.22. The lowest BCUT2D eigenvalue weighted by Gasteiger charge is -2.16. The van der Waals surface area contributed by atoms with Crippen LogP contribution in [0.4, 0.5) is 15.8 Å². The van der Waals surface area contributed by atoms with E-state index in [0.717, 1.165) is 10.7 Å². The molecule has 0 aliphatic rings. The van der Waals surface area contributed by atoms with E-state index in [1.807, 2.05) is 0 Å². The number of amides is 2. The molecule has 0 saturated carbocycles. The van der Waals surface area contributed by atoms with Crippen molar-refractivity contribution in [2.45, 2.75) is 6.42 Å². The number of methoxy groups -OCH3 is 1. The molecule has 20 heteroatoms. The Morgan fingerprint density at radius 1 is 0.860 bits per heavy atom. The van der Waals surface area contributed by atoms with Crippen LogP contribution in [0.5, 0.6) is 11.5 Å². The molecule has 2 amide bonds. The SMILES string of the molecule is COc1cc(C(=O)O)c(NC(=O)c2ccc3nnnn3n2)cc1CCOc1cc(NC(=O)c2ccc(-n3ccnc3)nn2)c(C(=O)O)cc1F. The molecular weight excluding hydrogens is 661 g/mol. The minimum atomic E-state index is -1.52. The number of carboxylic acids is 2. The van der Waals surface area contributed by atoms with E-state index in [4.69, 9.17) is 9.47 Å². The number of nitrogens with zero attached hydrogens (tertiary/aromatic N) is 9. The van der Waals surface area contributed by atoms with Crippen molar-refractivity contribution in [1.29, 1.82) is 0 Å². The lowest BCUT2D eigenvalue weighted by Crippen LogP contribution is -2.18. The summed E-state index contributed by atoms with van der Waals surface area (Å²) in [7, 11) is 1.31. The summed E-state index contributed by atoms with van der Waals surface area (Å²) in [5, 5.41) is 47.0. The molecule has 0 saturated heterocycles. The van der Waals surface area contributed by atoms with Gasteiger partial charge in [-0.3, -0.25) is 14.2 Å². The predicted molar refractivity (Wildman–Crippen MR) is 166 cm³/mol. The number of tetrazole rings is 1. The number of carboxylic acid groups (broad SMARTS) is 2. The van der Waals surface area contributed by atoms with Crippen molar-refractivity contribution in [3.05, 3.63) is 101 Å². The predicted octanol–water partition coefficient (Wildman–Crippen LogP) is 2.17. The van der Waals surface area contributed by atoms with E-state index < -0.39 is 40.9 Å². The van der Waals surface area contributed by atoms with Crippen LogP contribution in [0, 0.1) is 5.82 Å².